The van der Waals surface area contributed by atoms with Gasteiger partial charge in [0.05, 0.1) is 17.9 Å². The zero-order chi connectivity index (χ0) is 13.6. The molecule has 4 nitrogen and oxygen atoms in total. The summed E-state index contributed by atoms with van der Waals surface area (Å²) >= 11 is 0. The van der Waals surface area contributed by atoms with Crippen LogP contribution in [0, 0.1) is 23.2 Å². The molecule has 0 radical (unpaired) electrons. The second-order valence-electron chi connectivity index (χ2n) is 7.47. The van der Waals surface area contributed by atoms with E-state index in [9.17, 15) is 0 Å². The van der Waals surface area contributed by atoms with Gasteiger partial charge in [-0.1, -0.05) is 0 Å². The van der Waals surface area contributed by atoms with Gasteiger partial charge in [-0.05, 0) is 68.1 Å². The topological polar surface area (TPSA) is 63.8 Å². The summed E-state index contributed by atoms with van der Waals surface area (Å²) in [5.74, 6) is 8.78. The first kappa shape index (κ1) is 12.7. The lowest BCUT2D eigenvalue weighted by molar-refractivity contribution is -0.0625. The summed E-state index contributed by atoms with van der Waals surface area (Å²) in [6.45, 7) is 0. The Morgan fingerprint density at radius 3 is 2.30 bits per heavy atom. The third kappa shape index (κ3) is 2.15. The van der Waals surface area contributed by atoms with Crippen LogP contribution in [0.5, 0.6) is 0 Å². The summed E-state index contributed by atoms with van der Waals surface area (Å²) < 4.78 is 0. The van der Waals surface area contributed by atoms with Crippen LogP contribution in [0.4, 0.5) is 0 Å². The Labute approximate surface area is 120 Å². The Morgan fingerprint density at radius 1 is 1.15 bits per heavy atom. The van der Waals surface area contributed by atoms with E-state index in [4.69, 9.17) is 5.84 Å². The molecule has 4 heteroatoms. The van der Waals surface area contributed by atoms with Crippen molar-refractivity contribution in [3.05, 3.63) is 24.3 Å². The van der Waals surface area contributed by atoms with Crippen molar-refractivity contribution in [3.8, 4) is 0 Å². The molecule has 3 N–H and O–H groups in total. The quantitative estimate of drug-likeness (QED) is 0.653. The fourth-order valence-electron chi connectivity index (χ4n) is 5.71. The molecule has 0 spiro atoms. The molecule has 4 aliphatic rings. The minimum absolute atomic E-state index is 0.153. The van der Waals surface area contributed by atoms with Gasteiger partial charge in [0.15, 0.2) is 0 Å². The van der Waals surface area contributed by atoms with Gasteiger partial charge in [0, 0.05) is 12.4 Å². The number of nitrogens with two attached hydrogens (primary N) is 1. The Balaban J connectivity index is 1.55. The van der Waals surface area contributed by atoms with E-state index in [-0.39, 0.29) is 6.04 Å². The molecule has 0 amide bonds. The smallest absolute Gasteiger partial charge is 0.0769 e. The first-order valence-corrected chi connectivity index (χ1v) is 7.98. The standard InChI is InChI=1S/C16H24N4/c17-20-14(15-10-18-1-2-19-15)9-16-6-11-3-12(7-16)5-13(4-11)8-16/h1-2,10-14,20H,3-9,17H2. The second-order valence-corrected chi connectivity index (χ2v) is 7.47. The second kappa shape index (κ2) is 4.78. The minimum Gasteiger partial charge on any atom is -0.271 e. The van der Waals surface area contributed by atoms with Gasteiger partial charge in [0.2, 0.25) is 0 Å². The molecule has 1 aromatic heterocycles. The Kier molecular flexibility index (Phi) is 3.04. The van der Waals surface area contributed by atoms with Gasteiger partial charge < -0.3 is 0 Å². The van der Waals surface area contributed by atoms with Gasteiger partial charge in [-0.3, -0.25) is 21.2 Å². The van der Waals surface area contributed by atoms with Crippen molar-refractivity contribution >= 4 is 0 Å². The van der Waals surface area contributed by atoms with Crippen LogP contribution in [0.15, 0.2) is 18.6 Å². The Morgan fingerprint density at radius 2 is 1.80 bits per heavy atom. The van der Waals surface area contributed by atoms with Crippen molar-refractivity contribution in [2.45, 2.75) is 51.0 Å². The Bertz CT molecular complexity index is 437. The van der Waals surface area contributed by atoms with Crippen molar-refractivity contribution in [2.75, 3.05) is 0 Å². The number of hydrogen-bond acceptors (Lipinski definition) is 4. The maximum Gasteiger partial charge on any atom is 0.0769 e. The minimum atomic E-state index is 0.153. The van der Waals surface area contributed by atoms with E-state index < -0.39 is 0 Å². The molecule has 5 rings (SSSR count). The molecular weight excluding hydrogens is 248 g/mol. The number of hydrogen-bond donors (Lipinski definition) is 2. The highest BCUT2D eigenvalue weighted by molar-refractivity contribution is 5.08. The van der Waals surface area contributed by atoms with Crippen molar-refractivity contribution in [1.29, 1.82) is 0 Å². The van der Waals surface area contributed by atoms with Crippen LogP contribution >= 0.6 is 0 Å². The predicted octanol–water partition coefficient (Wildman–Crippen LogP) is 2.59. The molecule has 4 fully saturated rings. The normalized spacial score (nSPS) is 40.0. The lowest BCUT2D eigenvalue weighted by Gasteiger charge is -2.57. The highest BCUT2D eigenvalue weighted by Gasteiger charge is 2.51. The van der Waals surface area contributed by atoms with Crippen LogP contribution in [-0.4, -0.2) is 9.97 Å². The SMILES string of the molecule is NNC(CC12CC3CC(CC(C3)C1)C2)c1cnccn1. The molecule has 1 aromatic rings. The van der Waals surface area contributed by atoms with Crippen LogP contribution in [0.3, 0.4) is 0 Å². The van der Waals surface area contributed by atoms with Crippen LogP contribution in [-0.2, 0) is 0 Å². The summed E-state index contributed by atoms with van der Waals surface area (Å²) in [4.78, 5) is 8.63. The third-order valence-electron chi connectivity index (χ3n) is 5.94. The summed E-state index contributed by atoms with van der Waals surface area (Å²) in [5, 5.41) is 0. The lowest BCUT2D eigenvalue weighted by Crippen LogP contribution is -2.48. The van der Waals surface area contributed by atoms with Crippen molar-refractivity contribution < 1.29 is 0 Å². The highest BCUT2D eigenvalue weighted by atomic mass is 15.2. The lowest BCUT2D eigenvalue weighted by atomic mass is 9.48. The molecule has 4 saturated carbocycles. The van der Waals surface area contributed by atoms with E-state index in [2.05, 4.69) is 15.4 Å². The molecule has 0 aromatic carbocycles. The molecule has 1 unspecified atom stereocenters. The summed E-state index contributed by atoms with van der Waals surface area (Å²) in [7, 11) is 0. The summed E-state index contributed by atoms with van der Waals surface area (Å²) in [6, 6.07) is 0.153. The number of rotatable bonds is 4. The first-order valence-electron chi connectivity index (χ1n) is 7.98. The van der Waals surface area contributed by atoms with Crippen molar-refractivity contribution in [1.82, 2.24) is 15.4 Å². The maximum absolute atomic E-state index is 5.82. The molecule has 0 saturated heterocycles. The van der Waals surface area contributed by atoms with E-state index in [1.807, 2.05) is 6.20 Å². The molecular formula is C16H24N4. The van der Waals surface area contributed by atoms with Gasteiger partial charge in [-0.25, -0.2) is 0 Å². The molecule has 108 valence electrons. The van der Waals surface area contributed by atoms with E-state index in [1.54, 1.807) is 12.4 Å². The number of nitrogens with zero attached hydrogens (tertiary/aromatic N) is 2. The number of nitrogens with one attached hydrogen (secondary N) is 1. The zero-order valence-electron chi connectivity index (χ0n) is 12.0. The van der Waals surface area contributed by atoms with E-state index in [0.717, 1.165) is 29.9 Å². The molecule has 1 atom stereocenters. The molecule has 20 heavy (non-hydrogen) atoms. The van der Waals surface area contributed by atoms with Gasteiger partial charge in [-0.2, -0.15) is 0 Å². The first-order chi connectivity index (χ1) is 9.76. The average Bonchev–Trinajstić information content (AvgIpc) is 2.44. The summed E-state index contributed by atoms with van der Waals surface area (Å²) in [5.41, 5.74) is 4.50. The van der Waals surface area contributed by atoms with Gasteiger partial charge in [-0.15, -0.1) is 0 Å². The van der Waals surface area contributed by atoms with Crippen LogP contribution in [0.25, 0.3) is 0 Å². The van der Waals surface area contributed by atoms with Gasteiger partial charge >= 0.3 is 0 Å². The fourth-order valence-corrected chi connectivity index (χ4v) is 5.71. The highest BCUT2D eigenvalue weighted by Crippen LogP contribution is 2.62. The Hall–Kier alpha value is -1.00. The van der Waals surface area contributed by atoms with E-state index in [1.165, 1.54) is 38.5 Å². The van der Waals surface area contributed by atoms with E-state index >= 15 is 0 Å². The van der Waals surface area contributed by atoms with Crippen molar-refractivity contribution in [2.24, 2.45) is 29.0 Å². The third-order valence-corrected chi connectivity index (χ3v) is 5.94. The predicted molar refractivity (Wildman–Crippen MR) is 77.3 cm³/mol. The van der Waals surface area contributed by atoms with Crippen molar-refractivity contribution in [3.63, 3.8) is 0 Å². The maximum atomic E-state index is 5.82. The number of hydrazine groups is 1. The number of aromatic nitrogens is 2. The van der Waals surface area contributed by atoms with Crippen LogP contribution in [0.1, 0.15) is 56.7 Å². The largest absolute Gasteiger partial charge is 0.271 e. The fraction of sp³-hybridized carbons (Fsp3) is 0.750. The molecule has 0 aliphatic heterocycles. The average molecular weight is 272 g/mol. The van der Waals surface area contributed by atoms with E-state index in [0.29, 0.717) is 5.41 Å². The molecule has 1 heterocycles. The molecule has 4 aliphatic carbocycles. The van der Waals surface area contributed by atoms with Crippen LogP contribution < -0.4 is 11.3 Å². The van der Waals surface area contributed by atoms with Gasteiger partial charge in [0.25, 0.3) is 0 Å². The zero-order valence-corrected chi connectivity index (χ0v) is 12.0. The van der Waals surface area contributed by atoms with Crippen LogP contribution in [0.2, 0.25) is 0 Å². The molecule has 4 bridgehead atoms. The van der Waals surface area contributed by atoms with Gasteiger partial charge in [0.1, 0.15) is 0 Å². The monoisotopic (exact) mass is 272 g/mol. The summed E-state index contributed by atoms with van der Waals surface area (Å²) in [6.07, 6.45) is 15.2.